The number of nitrogens with one attached hydrogen (secondary N) is 1. The van der Waals surface area contributed by atoms with E-state index in [0.29, 0.717) is 5.92 Å². The summed E-state index contributed by atoms with van der Waals surface area (Å²) < 4.78 is 5.73. The van der Waals surface area contributed by atoms with Gasteiger partial charge >= 0.3 is 0 Å². The van der Waals surface area contributed by atoms with Crippen molar-refractivity contribution in [3.05, 3.63) is 28.3 Å². The largest absolute Gasteiger partial charge is 0.493 e. The Bertz CT molecular complexity index is 338. The Morgan fingerprint density at radius 1 is 1.33 bits per heavy atom. The Labute approximate surface area is 95.6 Å². The second-order valence-electron chi connectivity index (χ2n) is 4.21. The molecular formula is C12H16ClNO. The van der Waals surface area contributed by atoms with Crippen LogP contribution in [0.25, 0.3) is 0 Å². The molecule has 1 aliphatic heterocycles. The first kappa shape index (κ1) is 10.8. The van der Waals surface area contributed by atoms with Crippen molar-refractivity contribution in [3.8, 4) is 5.75 Å². The van der Waals surface area contributed by atoms with Crippen LogP contribution in [0.4, 0.5) is 0 Å². The molecule has 0 amide bonds. The lowest BCUT2D eigenvalue weighted by Crippen LogP contribution is -2.45. The maximum atomic E-state index is 6.09. The summed E-state index contributed by atoms with van der Waals surface area (Å²) >= 11 is 6.09. The number of ether oxygens (including phenoxy) is 1. The van der Waals surface area contributed by atoms with Gasteiger partial charge in [-0.1, -0.05) is 11.6 Å². The monoisotopic (exact) mass is 225 g/mol. The molecule has 0 aromatic heterocycles. The standard InChI is InChI=1S/C12H16ClNO/c1-8-3-11(4-9(2)12(8)13)15-7-10-5-14-6-10/h3-4,10,14H,5-7H2,1-2H3. The zero-order chi connectivity index (χ0) is 10.8. The molecule has 1 aliphatic rings. The molecule has 1 heterocycles. The smallest absolute Gasteiger partial charge is 0.119 e. The van der Waals surface area contributed by atoms with Gasteiger partial charge in [-0.15, -0.1) is 0 Å². The van der Waals surface area contributed by atoms with Gasteiger partial charge in [0.1, 0.15) is 5.75 Å². The van der Waals surface area contributed by atoms with E-state index in [-0.39, 0.29) is 0 Å². The number of rotatable bonds is 3. The highest BCUT2D eigenvalue weighted by Crippen LogP contribution is 2.26. The zero-order valence-electron chi connectivity index (χ0n) is 9.14. The summed E-state index contributed by atoms with van der Waals surface area (Å²) in [6.07, 6.45) is 0. The third kappa shape index (κ3) is 2.44. The molecule has 2 rings (SSSR count). The summed E-state index contributed by atoms with van der Waals surface area (Å²) in [7, 11) is 0. The summed E-state index contributed by atoms with van der Waals surface area (Å²) in [4.78, 5) is 0. The number of halogens is 1. The Morgan fingerprint density at radius 3 is 2.40 bits per heavy atom. The van der Waals surface area contributed by atoms with Crippen molar-refractivity contribution in [2.75, 3.05) is 19.7 Å². The molecule has 15 heavy (non-hydrogen) atoms. The van der Waals surface area contributed by atoms with Crippen molar-refractivity contribution in [2.24, 2.45) is 5.92 Å². The lowest BCUT2D eigenvalue weighted by molar-refractivity contribution is 0.199. The molecule has 0 atom stereocenters. The highest BCUT2D eigenvalue weighted by molar-refractivity contribution is 6.32. The first-order chi connectivity index (χ1) is 7.16. The summed E-state index contributed by atoms with van der Waals surface area (Å²) in [6.45, 7) is 6.96. The summed E-state index contributed by atoms with van der Waals surface area (Å²) in [6, 6.07) is 4.00. The van der Waals surface area contributed by atoms with Gasteiger partial charge in [-0.25, -0.2) is 0 Å². The van der Waals surface area contributed by atoms with Crippen LogP contribution >= 0.6 is 11.6 Å². The Hall–Kier alpha value is -0.730. The van der Waals surface area contributed by atoms with Crippen molar-refractivity contribution < 1.29 is 4.74 Å². The van der Waals surface area contributed by atoms with Gasteiger partial charge in [0.2, 0.25) is 0 Å². The zero-order valence-corrected chi connectivity index (χ0v) is 9.90. The predicted molar refractivity (Wildman–Crippen MR) is 62.8 cm³/mol. The Balaban J connectivity index is 2.01. The van der Waals surface area contributed by atoms with Crippen LogP contribution in [0.15, 0.2) is 12.1 Å². The minimum atomic E-state index is 0.668. The maximum absolute atomic E-state index is 6.09. The van der Waals surface area contributed by atoms with E-state index in [4.69, 9.17) is 16.3 Å². The van der Waals surface area contributed by atoms with Gasteiger partial charge in [-0.05, 0) is 37.1 Å². The summed E-state index contributed by atoms with van der Waals surface area (Å²) in [5.41, 5.74) is 2.16. The molecule has 0 aliphatic carbocycles. The lowest BCUT2D eigenvalue weighted by Gasteiger charge is -2.27. The molecule has 0 bridgehead atoms. The van der Waals surface area contributed by atoms with E-state index in [9.17, 15) is 0 Å². The van der Waals surface area contributed by atoms with Crippen LogP contribution in [-0.2, 0) is 0 Å². The van der Waals surface area contributed by atoms with Gasteiger partial charge in [0.15, 0.2) is 0 Å². The number of hydrogen-bond acceptors (Lipinski definition) is 2. The van der Waals surface area contributed by atoms with Crippen LogP contribution in [0.2, 0.25) is 5.02 Å². The minimum absolute atomic E-state index is 0.668. The van der Waals surface area contributed by atoms with Crippen molar-refractivity contribution in [1.82, 2.24) is 5.32 Å². The lowest BCUT2D eigenvalue weighted by atomic mass is 10.1. The minimum Gasteiger partial charge on any atom is -0.493 e. The maximum Gasteiger partial charge on any atom is 0.119 e. The Kier molecular flexibility index (Phi) is 3.17. The molecule has 82 valence electrons. The molecule has 3 heteroatoms. The molecule has 0 radical (unpaired) electrons. The van der Waals surface area contributed by atoms with Crippen LogP contribution in [0, 0.1) is 19.8 Å². The third-order valence-electron chi connectivity index (χ3n) is 2.76. The second-order valence-corrected chi connectivity index (χ2v) is 4.58. The molecule has 1 aromatic rings. The predicted octanol–water partition coefficient (Wildman–Crippen LogP) is 2.56. The van der Waals surface area contributed by atoms with Crippen molar-refractivity contribution in [2.45, 2.75) is 13.8 Å². The van der Waals surface area contributed by atoms with Crippen LogP contribution in [-0.4, -0.2) is 19.7 Å². The average molecular weight is 226 g/mol. The fourth-order valence-corrected chi connectivity index (χ4v) is 1.78. The van der Waals surface area contributed by atoms with Crippen molar-refractivity contribution in [1.29, 1.82) is 0 Å². The van der Waals surface area contributed by atoms with Crippen molar-refractivity contribution >= 4 is 11.6 Å². The molecule has 0 unspecified atom stereocenters. The normalized spacial score (nSPS) is 16.2. The molecular weight excluding hydrogens is 210 g/mol. The fraction of sp³-hybridized carbons (Fsp3) is 0.500. The number of hydrogen-bond donors (Lipinski definition) is 1. The van der Waals surface area contributed by atoms with Gasteiger partial charge in [-0.2, -0.15) is 0 Å². The fourth-order valence-electron chi connectivity index (χ4n) is 1.67. The van der Waals surface area contributed by atoms with Gasteiger partial charge in [0, 0.05) is 24.0 Å². The second kappa shape index (κ2) is 4.42. The van der Waals surface area contributed by atoms with Crippen LogP contribution in [0.3, 0.4) is 0 Å². The molecule has 1 fully saturated rings. The molecule has 1 aromatic carbocycles. The first-order valence-corrected chi connectivity index (χ1v) is 5.65. The van der Waals surface area contributed by atoms with Gasteiger partial charge in [0.25, 0.3) is 0 Å². The third-order valence-corrected chi connectivity index (χ3v) is 3.36. The quantitative estimate of drug-likeness (QED) is 0.854. The molecule has 0 saturated carbocycles. The van der Waals surface area contributed by atoms with E-state index in [1.54, 1.807) is 0 Å². The molecule has 0 spiro atoms. The average Bonchev–Trinajstić information content (AvgIpc) is 2.11. The first-order valence-electron chi connectivity index (χ1n) is 5.27. The Morgan fingerprint density at radius 2 is 1.93 bits per heavy atom. The van der Waals surface area contributed by atoms with E-state index >= 15 is 0 Å². The number of benzene rings is 1. The van der Waals surface area contributed by atoms with E-state index in [1.165, 1.54) is 0 Å². The summed E-state index contributed by atoms with van der Waals surface area (Å²) in [5, 5.41) is 4.07. The van der Waals surface area contributed by atoms with E-state index in [2.05, 4.69) is 5.32 Å². The van der Waals surface area contributed by atoms with E-state index in [1.807, 2.05) is 26.0 Å². The van der Waals surface area contributed by atoms with E-state index < -0.39 is 0 Å². The highest BCUT2D eigenvalue weighted by Gasteiger charge is 2.17. The number of aryl methyl sites for hydroxylation is 2. The SMILES string of the molecule is Cc1cc(OCC2CNC2)cc(C)c1Cl. The van der Waals surface area contributed by atoms with Crippen LogP contribution < -0.4 is 10.1 Å². The van der Waals surface area contributed by atoms with Gasteiger partial charge in [-0.3, -0.25) is 0 Å². The highest BCUT2D eigenvalue weighted by atomic mass is 35.5. The van der Waals surface area contributed by atoms with E-state index in [0.717, 1.165) is 41.6 Å². The molecule has 2 nitrogen and oxygen atoms in total. The van der Waals surface area contributed by atoms with Crippen molar-refractivity contribution in [3.63, 3.8) is 0 Å². The van der Waals surface area contributed by atoms with Crippen LogP contribution in [0.5, 0.6) is 5.75 Å². The summed E-state index contributed by atoms with van der Waals surface area (Å²) in [5.74, 6) is 1.60. The van der Waals surface area contributed by atoms with Crippen LogP contribution in [0.1, 0.15) is 11.1 Å². The topological polar surface area (TPSA) is 21.3 Å². The molecule has 1 saturated heterocycles. The van der Waals surface area contributed by atoms with Gasteiger partial charge < -0.3 is 10.1 Å². The molecule has 1 N–H and O–H groups in total. The van der Waals surface area contributed by atoms with Gasteiger partial charge in [0.05, 0.1) is 6.61 Å².